The SMILES string of the molecule is O=C(OCc1nc2sc3c(c2c(=O)[nH]1)CCC3)c1cc(Cl)c2c(c1)OCCO2. The average Bonchev–Trinajstić information content (AvgIpc) is 3.27. The Kier molecular flexibility index (Phi) is 4.25. The Morgan fingerprint density at radius 3 is 3.04 bits per heavy atom. The molecule has 2 aliphatic rings. The maximum Gasteiger partial charge on any atom is 0.338 e. The molecule has 3 heterocycles. The molecule has 9 heteroatoms. The summed E-state index contributed by atoms with van der Waals surface area (Å²) >= 11 is 7.70. The van der Waals surface area contributed by atoms with Crippen molar-refractivity contribution in [3.05, 3.63) is 49.3 Å². The Morgan fingerprint density at radius 2 is 2.14 bits per heavy atom. The van der Waals surface area contributed by atoms with Gasteiger partial charge in [0.15, 0.2) is 11.5 Å². The smallest absolute Gasteiger partial charge is 0.338 e. The monoisotopic (exact) mass is 418 g/mol. The van der Waals surface area contributed by atoms with Crippen molar-refractivity contribution in [2.24, 2.45) is 0 Å². The number of esters is 1. The number of hydrogen-bond acceptors (Lipinski definition) is 7. The minimum atomic E-state index is -0.588. The second-order valence-electron chi connectivity index (χ2n) is 6.61. The molecular formula is C19H15ClN2O5S. The number of rotatable bonds is 3. The summed E-state index contributed by atoms with van der Waals surface area (Å²) in [5.74, 6) is 0.558. The maximum absolute atomic E-state index is 12.5. The average molecular weight is 419 g/mol. The van der Waals surface area contributed by atoms with Crippen LogP contribution in [0.4, 0.5) is 0 Å². The summed E-state index contributed by atoms with van der Waals surface area (Å²) in [4.78, 5) is 34.0. The first-order valence-corrected chi connectivity index (χ1v) is 10.1. The summed E-state index contributed by atoms with van der Waals surface area (Å²) < 4.78 is 16.2. The summed E-state index contributed by atoms with van der Waals surface area (Å²) in [5.41, 5.74) is 1.17. The molecule has 7 nitrogen and oxygen atoms in total. The van der Waals surface area contributed by atoms with Crippen LogP contribution in [0, 0.1) is 0 Å². The van der Waals surface area contributed by atoms with Gasteiger partial charge in [-0.1, -0.05) is 11.6 Å². The van der Waals surface area contributed by atoms with E-state index >= 15 is 0 Å². The standard InChI is InChI=1S/C19H15ClN2O5S/c20-11-6-9(7-12-16(11)26-5-4-25-12)19(24)27-8-14-21-17(23)15-10-2-1-3-13(10)28-18(15)22-14/h6-7H,1-5,8H2,(H,21,22,23). The van der Waals surface area contributed by atoms with Crippen molar-refractivity contribution in [2.75, 3.05) is 13.2 Å². The zero-order valence-corrected chi connectivity index (χ0v) is 16.2. The van der Waals surface area contributed by atoms with Crippen LogP contribution in [0.25, 0.3) is 10.2 Å². The Bertz CT molecular complexity index is 1170. The first kappa shape index (κ1) is 17.5. The summed E-state index contributed by atoms with van der Waals surface area (Å²) in [6.45, 7) is 0.653. The highest BCUT2D eigenvalue weighted by atomic mass is 35.5. The lowest BCUT2D eigenvalue weighted by molar-refractivity contribution is 0.0461. The van der Waals surface area contributed by atoms with Crippen LogP contribution in [0.1, 0.15) is 33.0 Å². The molecule has 5 rings (SSSR count). The third kappa shape index (κ3) is 2.93. The van der Waals surface area contributed by atoms with E-state index in [1.165, 1.54) is 17.0 Å². The number of aromatic amines is 1. The predicted molar refractivity (Wildman–Crippen MR) is 104 cm³/mol. The third-order valence-electron chi connectivity index (χ3n) is 4.80. The zero-order valence-electron chi connectivity index (χ0n) is 14.7. The molecule has 1 aliphatic carbocycles. The zero-order chi connectivity index (χ0) is 19.3. The van der Waals surface area contributed by atoms with Gasteiger partial charge in [-0.15, -0.1) is 11.3 Å². The number of carbonyl (C=O) groups is 1. The lowest BCUT2D eigenvalue weighted by Gasteiger charge is -2.19. The summed E-state index contributed by atoms with van der Waals surface area (Å²) in [6, 6.07) is 3.01. The molecule has 0 atom stereocenters. The second-order valence-corrected chi connectivity index (χ2v) is 8.10. The Balaban J connectivity index is 1.37. The molecule has 0 unspecified atom stereocenters. The van der Waals surface area contributed by atoms with Crippen LogP contribution in [-0.2, 0) is 24.2 Å². The predicted octanol–water partition coefficient (Wildman–Crippen LogP) is 3.25. The number of nitrogens with zero attached hydrogens (tertiary/aromatic N) is 1. The van der Waals surface area contributed by atoms with E-state index in [2.05, 4.69) is 9.97 Å². The maximum atomic E-state index is 12.5. The molecule has 2 aromatic heterocycles. The van der Waals surface area contributed by atoms with Gasteiger partial charge in [0.05, 0.1) is 16.0 Å². The van der Waals surface area contributed by atoms with Gasteiger partial charge in [0.25, 0.3) is 5.56 Å². The molecule has 0 bridgehead atoms. The fourth-order valence-corrected chi connectivity index (χ4v) is 5.11. The lowest BCUT2D eigenvalue weighted by Crippen LogP contribution is -2.17. The number of H-pyrrole nitrogens is 1. The van der Waals surface area contributed by atoms with Crippen LogP contribution in [-0.4, -0.2) is 29.2 Å². The Hall–Kier alpha value is -2.58. The van der Waals surface area contributed by atoms with Crippen LogP contribution >= 0.6 is 22.9 Å². The van der Waals surface area contributed by atoms with Gasteiger partial charge >= 0.3 is 5.97 Å². The van der Waals surface area contributed by atoms with E-state index in [-0.39, 0.29) is 22.8 Å². The number of ether oxygens (including phenoxy) is 3. The van der Waals surface area contributed by atoms with E-state index in [9.17, 15) is 9.59 Å². The van der Waals surface area contributed by atoms with E-state index in [1.807, 2.05) is 0 Å². The highest BCUT2D eigenvalue weighted by Gasteiger charge is 2.22. The van der Waals surface area contributed by atoms with Crippen LogP contribution in [0.2, 0.25) is 5.02 Å². The molecule has 1 N–H and O–H groups in total. The molecule has 1 aliphatic heterocycles. The van der Waals surface area contributed by atoms with Crippen LogP contribution in [0.5, 0.6) is 11.5 Å². The van der Waals surface area contributed by atoms with Gasteiger partial charge in [-0.2, -0.15) is 0 Å². The number of aromatic nitrogens is 2. The van der Waals surface area contributed by atoms with Gasteiger partial charge in [-0.3, -0.25) is 4.79 Å². The van der Waals surface area contributed by atoms with Crippen molar-refractivity contribution >= 4 is 39.1 Å². The van der Waals surface area contributed by atoms with Gasteiger partial charge in [-0.05, 0) is 37.0 Å². The first-order chi connectivity index (χ1) is 13.6. The number of benzene rings is 1. The molecule has 0 saturated carbocycles. The minimum Gasteiger partial charge on any atom is -0.486 e. The normalized spacial score (nSPS) is 14.9. The first-order valence-electron chi connectivity index (χ1n) is 8.90. The number of halogens is 1. The van der Waals surface area contributed by atoms with Gasteiger partial charge in [0.2, 0.25) is 0 Å². The summed E-state index contributed by atoms with van der Waals surface area (Å²) in [5, 5.41) is 0.955. The number of carbonyl (C=O) groups excluding carboxylic acids is 1. The number of aryl methyl sites for hydroxylation is 2. The van der Waals surface area contributed by atoms with E-state index in [0.717, 1.165) is 24.8 Å². The topological polar surface area (TPSA) is 90.5 Å². The third-order valence-corrected chi connectivity index (χ3v) is 6.26. The van der Waals surface area contributed by atoms with E-state index in [1.54, 1.807) is 11.3 Å². The number of fused-ring (bicyclic) bond motifs is 4. The fourth-order valence-electron chi connectivity index (χ4n) is 3.56. The molecule has 3 aromatic rings. The summed E-state index contributed by atoms with van der Waals surface area (Å²) in [6.07, 6.45) is 2.98. The molecule has 0 saturated heterocycles. The van der Waals surface area contributed by atoms with Gasteiger partial charge < -0.3 is 19.2 Å². The largest absolute Gasteiger partial charge is 0.486 e. The number of hydrogen-bond donors (Lipinski definition) is 1. The van der Waals surface area contributed by atoms with E-state index in [4.69, 9.17) is 25.8 Å². The molecule has 0 amide bonds. The van der Waals surface area contributed by atoms with Crippen molar-refractivity contribution in [1.82, 2.24) is 9.97 Å². The molecule has 144 valence electrons. The van der Waals surface area contributed by atoms with Crippen molar-refractivity contribution in [3.8, 4) is 11.5 Å². The number of thiophene rings is 1. The van der Waals surface area contributed by atoms with E-state index < -0.39 is 5.97 Å². The molecule has 28 heavy (non-hydrogen) atoms. The molecule has 0 spiro atoms. The van der Waals surface area contributed by atoms with Crippen molar-refractivity contribution in [2.45, 2.75) is 25.9 Å². The van der Waals surface area contributed by atoms with Crippen LogP contribution in [0.3, 0.4) is 0 Å². The van der Waals surface area contributed by atoms with Crippen molar-refractivity contribution in [1.29, 1.82) is 0 Å². The number of nitrogens with one attached hydrogen (secondary N) is 1. The molecular weight excluding hydrogens is 404 g/mol. The van der Waals surface area contributed by atoms with Crippen molar-refractivity contribution in [3.63, 3.8) is 0 Å². The van der Waals surface area contributed by atoms with Gasteiger partial charge in [-0.25, -0.2) is 9.78 Å². The van der Waals surface area contributed by atoms with Gasteiger partial charge in [0.1, 0.15) is 30.5 Å². The van der Waals surface area contributed by atoms with Gasteiger partial charge in [0, 0.05) is 4.88 Å². The fraction of sp³-hybridized carbons (Fsp3) is 0.316. The Morgan fingerprint density at radius 1 is 1.29 bits per heavy atom. The van der Waals surface area contributed by atoms with Crippen LogP contribution in [0.15, 0.2) is 16.9 Å². The molecule has 1 aromatic carbocycles. The van der Waals surface area contributed by atoms with Crippen LogP contribution < -0.4 is 15.0 Å². The molecule has 0 fully saturated rings. The van der Waals surface area contributed by atoms with Crippen molar-refractivity contribution < 1.29 is 19.0 Å². The quantitative estimate of drug-likeness (QED) is 0.656. The highest BCUT2D eigenvalue weighted by Crippen LogP contribution is 2.38. The molecule has 0 radical (unpaired) electrons. The minimum absolute atomic E-state index is 0.140. The Labute approximate surface area is 168 Å². The lowest BCUT2D eigenvalue weighted by atomic mass is 10.2. The van der Waals surface area contributed by atoms with E-state index in [0.29, 0.717) is 40.8 Å². The second kappa shape index (κ2) is 6.79. The summed E-state index contributed by atoms with van der Waals surface area (Å²) in [7, 11) is 0. The highest BCUT2D eigenvalue weighted by molar-refractivity contribution is 7.18.